The Hall–Kier alpha value is -3.67. The van der Waals surface area contributed by atoms with Crippen LogP contribution in [0.15, 0.2) is 79.6 Å². The molecule has 2 amide bonds. The first-order valence-corrected chi connectivity index (χ1v) is 10.9. The van der Waals surface area contributed by atoms with E-state index < -0.39 is 0 Å². The highest BCUT2D eigenvalue weighted by Gasteiger charge is 2.33. The molecule has 0 radical (unpaired) electrons. The molecule has 0 unspecified atom stereocenters. The molecular weight excluding hydrogens is 400 g/mol. The molecule has 3 aromatic rings. The van der Waals surface area contributed by atoms with Crippen molar-refractivity contribution in [2.24, 2.45) is 13.0 Å². The highest BCUT2D eigenvalue weighted by atomic mass is 16.2. The van der Waals surface area contributed by atoms with Gasteiger partial charge in [-0.15, -0.1) is 6.58 Å². The van der Waals surface area contributed by atoms with Gasteiger partial charge in [0.25, 0.3) is 5.91 Å². The summed E-state index contributed by atoms with van der Waals surface area (Å²) >= 11 is 0. The van der Waals surface area contributed by atoms with Gasteiger partial charge < -0.3 is 14.4 Å². The quantitative estimate of drug-likeness (QED) is 0.566. The van der Waals surface area contributed by atoms with E-state index in [-0.39, 0.29) is 17.7 Å². The van der Waals surface area contributed by atoms with Gasteiger partial charge in [-0.1, -0.05) is 60.7 Å². The summed E-state index contributed by atoms with van der Waals surface area (Å²) in [6, 6.07) is 18.4. The van der Waals surface area contributed by atoms with Crippen LogP contribution in [0.1, 0.15) is 16.2 Å². The molecule has 2 aromatic carbocycles. The van der Waals surface area contributed by atoms with Gasteiger partial charge in [0.1, 0.15) is 0 Å². The Morgan fingerprint density at radius 3 is 2.59 bits per heavy atom. The number of rotatable bonds is 6. The largest absolute Gasteiger partial charge is 0.337 e. The molecule has 164 valence electrons. The number of nitrogens with zero attached hydrogens (tertiary/aromatic N) is 4. The number of benzene rings is 2. The molecule has 6 nitrogen and oxygen atoms in total. The minimum absolute atomic E-state index is 0.0582. The lowest BCUT2D eigenvalue weighted by molar-refractivity contribution is -0.134. The summed E-state index contributed by atoms with van der Waals surface area (Å²) in [6.07, 6.45) is 5.67. The lowest BCUT2D eigenvalue weighted by atomic mass is 9.91. The van der Waals surface area contributed by atoms with E-state index in [9.17, 15) is 9.59 Å². The molecule has 6 heteroatoms. The van der Waals surface area contributed by atoms with Crippen molar-refractivity contribution in [3.63, 3.8) is 0 Å². The molecule has 2 heterocycles. The molecule has 1 saturated heterocycles. The van der Waals surface area contributed by atoms with E-state index in [2.05, 4.69) is 35.8 Å². The van der Waals surface area contributed by atoms with E-state index >= 15 is 0 Å². The standard InChI is InChI=1S/C26H28N4O2/c1-3-14-29-16-17-30(26(32)24-27-13-15-28(24)2)19-22(25(29)31)18-21-11-7-8-12-23(21)20-9-5-4-6-10-20/h3-13,15,22H,1,14,16-19H2,2H3/t22-/m1/s1. The van der Waals surface area contributed by atoms with Gasteiger partial charge in [0.15, 0.2) is 5.82 Å². The second-order valence-corrected chi connectivity index (χ2v) is 8.11. The Morgan fingerprint density at radius 1 is 1.12 bits per heavy atom. The highest BCUT2D eigenvalue weighted by molar-refractivity contribution is 5.92. The molecule has 1 atom stereocenters. The minimum atomic E-state index is -0.341. The minimum Gasteiger partial charge on any atom is -0.337 e. The van der Waals surface area contributed by atoms with Gasteiger partial charge in [-0.3, -0.25) is 9.59 Å². The van der Waals surface area contributed by atoms with Crippen molar-refractivity contribution in [2.75, 3.05) is 26.2 Å². The maximum atomic E-state index is 13.4. The second kappa shape index (κ2) is 9.64. The van der Waals surface area contributed by atoms with Crippen molar-refractivity contribution in [3.05, 3.63) is 91.0 Å². The lowest BCUT2D eigenvalue weighted by Gasteiger charge is -2.24. The molecule has 32 heavy (non-hydrogen) atoms. The number of imidazole rings is 1. The second-order valence-electron chi connectivity index (χ2n) is 8.11. The third-order valence-electron chi connectivity index (χ3n) is 5.96. The van der Waals surface area contributed by atoms with Crippen LogP contribution in [0.5, 0.6) is 0 Å². The first kappa shape index (κ1) is 21.6. The zero-order valence-electron chi connectivity index (χ0n) is 18.4. The van der Waals surface area contributed by atoms with E-state index in [1.807, 2.05) is 30.3 Å². The molecule has 1 aromatic heterocycles. The van der Waals surface area contributed by atoms with Crippen molar-refractivity contribution in [3.8, 4) is 11.1 Å². The van der Waals surface area contributed by atoms with Crippen molar-refractivity contribution >= 4 is 11.8 Å². The molecule has 0 bridgehead atoms. The van der Waals surface area contributed by atoms with Crippen LogP contribution in [0.25, 0.3) is 11.1 Å². The Kier molecular flexibility index (Phi) is 6.50. The zero-order valence-corrected chi connectivity index (χ0v) is 18.4. The fraction of sp³-hybridized carbons (Fsp3) is 0.269. The van der Waals surface area contributed by atoms with Crippen LogP contribution in [-0.4, -0.2) is 57.3 Å². The van der Waals surface area contributed by atoms with Gasteiger partial charge in [0.05, 0.1) is 5.92 Å². The molecule has 0 aliphatic carbocycles. The number of hydrogen-bond donors (Lipinski definition) is 0. The van der Waals surface area contributed by atoms with Crippen LogP contribution < -0.4 is 0 Å². The highest BCUT2D eigenvalue weighted by Crippen LogP contribution is 2.27. The topological polar surface area (TPSA) is 58.4 Å². The van der Waals surface area contributed by atoms with Gasteiger partial charge in [-0.05, 0) is 23.1 Å². The Balaban J connectivity index is 1.65. The third-order valence-corrected chi connectivity index (χ3v) is 5.96. The number of carbonyl (C=O) groups is 2. The maximum absolute atomic E-state index is 13.4. The average Bonchev–Trinajstić information content (AvgIpc) is 3.19. The van der Waals surface area contributed by atoms with Crippen molar-refractivity contribution in [1.29, 1.82) is 0 Å². The molecule has 0 N–H and O–H groups in total. The summed E-state index contributed by atoms with van der Waals surface area (Å²) in [5.41, 5.74) is 3.33. The number of amides is 2. The predicted octanol–water partition coefficient (Wildman–Crippen LogP) is 3.42. The monoisotopic (exact) mass is 428 g/mol. The van der Waals surface area contributed by atoms with Crippen molar-refractivity contribution < 1.29 is 9.59 Å². The van der Waals surface area contributed by atoms with Gasteiger partial charge in [0.2, 0.25) is 5.91 Å². The summed E-state index contributed by atoms with van der Waals surface area (Å²) in [5, 5.41) is 0. The Labute approximate surface area is 188 Å². The van der Waals surface area contributed by atoms with E-state index in [1.165, 1.54) is 0 Å². The lowest BCUT2D eigenvalue weighted by Crippen LogP contribution is -2.38. The maximum Gasteiger partial charge on any atom is 0.289 e. The first-order valence-electron chi connectivity index (χ1n) is 10.9. The summed E-state index contributed by atoms with van der Waals surface area (Å²) in [7, 11) is 1.81. The summed E-state index contributed by atoms with van der Waals surface area (Å²) in [6.45, 7) is 5.59. The van der Waals surface area contributed by atoms with Crippen LogP contribution in [0.3, 0.4) is 0 Å². The summed E-state index contributed by atoms with van der Waals surface area (Å²) < 4.78 is 1.72. The molecule has 1 aliphatic heterocycles. The van der Waals surface area contributed by atoms with Crippen molar-refractivity contribution in [1.82, 2.24) is 19.4 Å². The van der Waals surface area contributed by atoms with Gasteiger partial charge in [0, 0.05) is 45.6 Å². The van der Waals surface area contributed by atoms with Crippen LogP contribution in [-0.2, 0) is 18.3 Å². The van der Waals surface area contributed by atoms with E-state index in [0.29, 0.717) is 38.4 Å². The Morgan fingerprint density at radius 2 is 1.88 bits per heavy atom. The average molecular weight is 429 g/mol. The molecule has 0 spiro atoms. The smallest absolute Gasteiger partial charge is 0.289 e. The van der Waals surface area contributed by atoms with Crippen LogP contribution in [0.2, 0.25) is 0 Å². The predicted molar refractivity (Wildman–Crippen MR) is 125 cm³/mol. The summed E-state index contributed by atoms with van der Waals surface area (Å²) in [5.74, 6) is -0.0420. The van der Waals surface area contributed by atoms with Gasteiger partial charge in [-0.25, -0.2) is 4.98 Å². The third kappa shape index (κ3) is 4.49. The molecule has 0 saturated carbocycles. The number of aryl methyl sites for hydroxylation is 1. The van der Waals surface area contributed by atoms with Crippen LogP contribution in [0, 0.1) is 5.92 Å². The van der Waals surface area contributed by atoms with E-state index in [1.54, 1.807) is 39.9 Å². The molecule has 4 rings (SSSR count). The number of aromatic nitrogens is 2. The van der Waals surface area contributed by atoms with Crippen LogP contribution in [0.4, 0.5) is 0 Å². The van der Waals surface area contributed by atoms with Gasteiger partial charge >= 0.3 is 0 Å². The zero-order chi connectivity index (χ0) is 22.5. The van der Waals surface area contributed by atoms with Crippen LogP contribution >= 0.6 is 0 Å². The first-order chi connectivity index (χ1) is 15.6. The molecule has 1 aliphatic rings. The Bertz CT molecular complexity index is 1110. The fourth-order valence-corrected chi connectivity index (χ4v) is 4.29. The fourth-order valence-electron chi connectivity index (χ4n) is 4.29. The SMILES string of the molecule is C=CCN1CCN(C(=O)c2nccn2C)C[C@@H](Cc2ccccc2-c2ccccc2)C1=O. The van der Waals surface area contributed by atoms with E-state index in [4.69, 9.17) is 0 Å². The summed E-state index contributed by atoms with van der Waals surface area (Å²) in [4.78, 5) is 34.4. The van der Waals surface area contributed by atoms with Crippen molar-refractivity contribution in [2.45, 2.75) is 6.42 Å². The molecular formula is C26H28N4O2. The number of carbonyl (C=O) groups excluding carboxylic acids is 2. The van der Waals surface area contributed by atoms with Gasteiger partial charge in [-0.2, -0.15) is 0 Å². The normalized spacial score (nSPS) is 16.7. The molecule has 1 fully saturated rings. The van der Waals surface area contributed by atoms with E-state index in [0.717, 1.165) is 16.7 Å². The number of hydrogen-bond acceptors (Lipinski definition) is 3.